The molecule has 0 aromatic heterocycles. The quantitative estimate of drug-likeness (QED) is 0.292. The molecule has 2 heterocycles. The number of rotatable bonds is 10. The largest absolute Gasteiger partial charge is 0.497 e. The molecule has 3 aromatic rings. The molecule has 3 aromatic carbocycles. The van der Waals surface area contributed by atoms with Gasteiger partial charge in [-0.3, -0.25) is 9.59 Å². The SMILES string of the molecule is COc1ccc([Si](C)(C)[C@H]2[C@H](CCO)O[C@@]3(C(=O)N(Cc4cccc(NC(=O)[C@H](C)O)c4)c4ccc(OC)cc43)[C@@H]2C)cc1. The number of nitrogens with zero attached hydrogens (tertiary/aromatic N) is 1. The predicted molar refractivity (Wildman–Crippen MR) is 172 cm³/mol. The first-order valence-electron chi connectivity index (χ1n) is 15.0. The van der Waals surface area contributed by atoms with E-state index < -0.39 is 25.7 Å². The van der Waals surface area contributed by atoms with Crippen molar-refractivity contribution in [2.45, 2.75) is 63.3 Å². The van der Waals surface area contributed by atoms with Crippen molar-refractivity contribution in [3.8, 4) is 11.5 Å². The summed E-state index contributed by atoms with van der Waals surface area (Å²) in [4.78, 5) is 28.6. The van der Waals surface area contributed by atoms with E-state index in [1.807, 2.05) is 42.5 Å². The first-order chi connectivity index (χ1) is 21.0. The van der Waals surface area contributed by atoms with Crippen LogP contribution in [-0.2, 0) is 26.5 Å². The average molecular weight is 619 g/mol. The summed E-state index contributed by atoms with van der Waals surface area (Å²) in [6.07, 6.45) is -1.06. The zero-order valence-electron chi connectivity index (χ0n) is 26.2. The van der Waals surface area contributed by atoms with E-state index in [9.17, 15) is 19.8 Å². The van der Waals surface area contributed by atoms with Crippen LogP contribution < -0.4 is 24.9 Å². The third-order valence-corrected chi connectivity index (χ3v) is 13.7. The Hall–Kier alpha value is -3.70. The van der Waals surface area contributed by atoms with Crippen LogP contribution in [0.3, 0.4) is 0 Å². The van der Waals surface area contributed by atoms with Crippen LogP contribution in [0.1, 0.15) is 31.4 Å². The van der Waals surface area contributed by atoms with Gasteiger partial charge < -0.3 is 34.6 Å². The van der Waals surface area contributed by atoms with Crippen LogP contribution in [0.4, 0.5) is 11.4 Å². The Morgan fingerprint density at radius 3 is 2.39 bits per heavy atom. The molecule has 1 spiro atoms. The first kappa shape index (κ1) is 31.7. The second kappa shape index (κ2) is 12.4. The molecule has 9 nitrogen and oxygen atoms in total. The highest BCUT2D eigenvalue weighted by molar-refractivity contribution is 6.91. The van der Waals surface area contributed by atoms with Gasteiger partial charge in [-0.15, -0.1) is 0 Å². The van der Waals surface area contributed by atoms with Crippen molar-refractivity contribution < 1.29 is 34.0 Å². The molecule has 0 unspecified atom stereocenters. The van der Waals surface area contributed by atoms with E-state index in [1.54, 1.807) is 31.3 Å². The molecule has 234 valence electrons. The maximum atomic E-state index is 14.8. The van der Waals surface area contributed by atoms with Crippen LogP contribution in [0.15, 0.2) is 66.7 Å². The fourth-order valence-corrected chi connectivity index (χ4v) is 11.2. The number of benzene rings is 3. The second-order valence-corrected chi connectivity index (χ2v) is 17.0. The van der Waals surface area contributed by atoms with E-state index >= 15 is 0 Å². The van der Waals surface area contributed by atoms with Gasteiger partial charge in [0.15, 0.2) is 5.60 Å². The van der Waals surface area contributed by atoms with E-state index in [-0.39, 0.29) is 36.6 Å². The van der Waals surface area contributed by atoms with E-state index in [4.69, 9.17) is 14.2 Å². The minimum atomic E-state index is -2.29. The van der Waals surface area contributed by atoms with E-state index in [1.165, 1.54) is 12.1 Å². The Morgan fingerprint density at radius 2 is 1.75 bits per heavy atom. The molecule has 44 heavy (non-hydrogen) atoms. The van der Waals surface area contributed by atoms with Gasteiger partial charge in [-0.2, -0.15) is 0 Å². The molecule has 10 heteroatoms. The summed E-state index contributed by atoms with van der Waals surface area (Å²) in [5.74, 6) is 0.549. The standard InChI is InChI=1S/C34H42N2O7Si/c1-21-31(44(5,6)27-13-10-25(41-3)11-14-27)30(16-17-37)43-34(21)28-19-26(42-4)12-15-29(28)36(33(34)40)20-23-8-7-9-24(18-23)35-32(39)22(2)38/h7-15,18-19,21-22,30-31,37-38H,16-17,20H2,1-6H3,(H,35,39)/t21-,22+,30+,31-,34+/m1/s1. The molecule has 2 aliphatic rings. The summed E-state index contributed by atoms with van der Waals surface area (Å²) in [6, 6.07) is 21.1. The van der Waals surface area contributed by atoms with Gasteiger partial charge in [0.1, 0.15) is 17.6 Å². The van der Waals surface area contributed by atoms with E-state index in [0.717, 1.165) is 22.6 Å². The smallest absolute Gasteiger partial charge is 0.264 e. The lowest BCUT2D eigenvalue weighted by Gasteiger charge is -2.37. The summed E-state index contributed by atoms with van der Waals surface area (Å²) in [7, 11) is 0.958. The lowest BCUT2D eigenvalue weighted by Crippen LogP contribution is -2.51. The van der Waals surface area contributed by atoms with Gasteiger partial charge in [-0.1, -0.05) is 49.5 Å². The van der Waals surface area contributed by atoms with Gasteiger partial charge in [-0.05, 0) is 66.9 Å². The molecule has 1 saturated heterocycles. The monoisotopic (exact) mass is 618 g/mol. The molecule has 0 aliphatic carbocycles. The Bertz CT molecular complexity index is 1530. The number of methoxy groups -OCH3 is 2. The number of hydrogen-bond acceptors (Lipinski definition) is 7. The highest BCUT2D eigenvalue weighted by Gasteiger charge is 2.66. The summed E-state index contributed by atoms with van der Waals surface area (Å²) in [5.41, 5.74) is 1.60. The highest BCUT2D eigenvalue weighted by atomic mass is 28.3. The van der Waals surface area contributed by atoms with Crippen molar-refractivity contribution >= 4 is 36.4 Å². The van der Waals surface area contributed by atoms with Crippen LogP contribution in [0.25, 0.3) is 0 Å². The predicted octanol–water partition coefficient (Wildman–Crippen LogP) is 4.17. The summed E-state index contributed by atoms with van der Waals surface area (Å²) in [5, 5.41) is 23.7. The van der Waals surface area contributed by atoms with Crippen molar-refractivity contribution in [1.29, 1.82) is 0 Å². The second-order valence-electron chi connectivity index (χ2n) is 12.3. The molecular formula is C34H42N2O7Si. The molecule has 2 amide bonds. The van der Waals surface area contributed by atoms with Gasteiger partial charge in [0, 0.05) is 23.8 Å². The minimum absolute atomic E-state index is 0.0185. The van der Waals surface area contributed by atoms with Crippen LogP contribution >= 0.6 is 0 Å². The van der Waals surface area contributed by atoms with Crippen molar-refractivity contribution in [1.82, 2.24) is 0 Å². The zero-order chi connectivity index (χ0) is 31.8. The topological polar surface area (TPSA) is 118 Å². The lowest BCUT2D eigenvalue weighted by atomic mass is 9.82. The van der Waals surface area contributed by atoms with Crippen LogP contribution in [0.2, 0.25) is 18.6 Å². The Balaban J connectivity index is 1.56. The number of ether oxygens (including phenoxy) is 3. The Kier molecular flexibility index (Phi) is 8.91. The minimum Gasteiger partial charge on any atom is -0.497 e. The number of amides is 2. The lowest BCUT2D eigenvalue weighted by molar-refractivity contribution is -0.146. The number of nitrogens with one attached hydrogen (secondary N) is 1. The van der Waals surface area contributed by atoms with Gasteiger partial charge >= 0.3 is 0 Å². The fourth-order valence-electron chi connectivity index (χ4n) is 7.15. The van der Waals surface area contributed by atoms with Crippen molar-refractivity contribution in [2.24, 2.45) is 5.92 Å². The molecule has 3 N–H and O–H groups in total. The van der Waals surface area contributed by atoms with Crippen LogP contribution in [0, 0.1) is 5.92 Å². The van der Waals surface area contributed by atoms with Crippen LogP contribution in [0.5, 0.6) is 11.5 Å². The molecule has 0 radical (unpaired) electrons. The number of aliphatic hydroxyl groups excluding tert-OH is 2. The molecule has 0 bridgehead atoms. The number of aliphatic hydroxyl groups is 2. The van der Waals surface area contributed by atoms with Crippen molar-refractivity contribution in [2.75, 3.05) is 31.0 Å². The molecule has 5 rings (SSSR count). The zero-order valence-corrected chi connectivity index (χ0v) is 27.2. The average Bonchev–Trinajstić information content (AvgIpc) is 3.43. The highest BCUT2D eigenvalue weighted by Crippen LogP contribution is 2.60. The van der Waals surface area contributed by atoms with Gasteiger partial charge in [0.2, 0.25) is 0 Å². The fraction of sp³-hybridized carbons (Fsp3) is 0.412. The Morgan fingerprint density at radius 1 is 1.07 bits per heavy atom. The van der Waals surface area contributed by atoms with Crippen LogP contribution in [-0.4, -0.2) is 63.1 Å². The normalized spacial score (nSPS) is 23.5. The number of fused-ring (bicyclic) bond motifs is 2. The summed E-state index contributed by atoms with van der Waals surface area (Å²) < 4.78 is 18.0. The number of hydrogen-bond donors (Lipinski definition) is 3. The maximum Gasteiger partial charge on any atom is 0.264 e. The number of anilines is 2. The van der Waals surface area contributed by atoms with E-state index in [0.29, 0.717) is 17.9 Å². The molecule has 0 saturated carbocycles. The molecule has 1 fully saturated rings. The number of carbonyl (C=O) groups excluding carboxylic acids is 2. The third kappa shape index (κ3) is 5.40. The van der Waals surface area contributed by atoms with Gasteiger partial charge in [0.25, 0.3) is 11.8 Å². The van der Waals surface area contributed by atoms with Crippen molar-refractivity contribution in [3.05, 3.63) is 77.9 Å². The Labute approximate surface area is 259 Å². The van der Waals surface area contributed by atoms with E-state index in [2.05, 4.69) is 37.5 Å². The van der Waals surface area contributed by atoms with Crippen molar-refractivity contribution in [3.63, 3.8) is 0 Å². The molecule has 5 atom stereocenters. The third-order valence-electron chi connectivity index (χ3n) is 9.37. The maximum absolute atomic E-state index is 14.8. The summed E-state index contributed by atoms with van der Waals surface area (Å²) in [6.45, 7) is 8.33. The van der Waals surface area contributed by atoms with Gasteiger partial charge in [-0.25, -0.2) is 0 Å². The molecular weight excluding hydrogens is 576 g/mol. The number of carbonyl (C=O) groups is 2. The summed E-state index contributed by atoms with van der Waals surface area (Å²) >= 11 is 0. The first-order valence-corrected chi connectivity index (χ1v) is 18.1. The van der Waals surface area contributed by atoms with Gasteiger partial charge in [0.05, 0.1) is 40.6 Å². The molecule has 2 aliphatic heterocycles.